The fourth-order valence-corrected chi connectivity index (χ4v) is 3.23. The summed E-state index contributed by atoms with van der Waals surface area (Å²) in [4.78, 5) is 12.8. The largest absolute Gasteiger partial charge is 0.381 e. The number of hydrogen-bond donors (Lipinski definition) is 0. The molecule has 1 aliphatic rings. The third-order valence-corrected chi connectivity index (χ3v) is 4.80. The zero-order valence-electron chi connectivity index (χ0n) is 12.3. The molecule has 1 atom stereocenters. The van der Waals surface area contributed by atoms with Crippen molar-refractivity contribution in [3.63, 3.8) is 0 Å². The molecule has 0 saturated carbocycles. The van der Waals surface area contributed by atoms with E-state index in [-0.39, 0.29) is 17.5 Å². The van der Waals surface area contributed by atoms with Crippen LogP contribution in [0.3, 0.4) is 0 Å². The van der Waals surface area contributed by atoms with Gasteiger partial charge in [-0.25, -0.2) is 4.39 Å². The first-order chi connectivity index (χ1) is 10.2. The van der Waals surface area contributed by atoms with Gasteiger partial charge in [-0.2, -0.15) is 0 Å². The lowest BCUT2D eigenvalue weighted by Gasteiger charge is -2.26. The highest BCUT2D eigenvalue weighted by Crippen LogP contribution is 2.32. The molecule has 2 nitrogen and oxygen atoms in total. The van der Waals surface area contributed by atoms with Crippen LogP contribution in [0.5, 0.6) is 0 Å². The summed E-state index contributed by atoms with van der Waals surface area (Å²) in [6, 6.07) is 5.11. The van der Waals surface area contributed by atoms with Crippen molar-refractivity contribution in [2.75, 3.05) is 19.5 Å². The second-order valence-electron chi connectivity index (χ2n) is 5.34. The number of carbonyl (C=O) groups excluding carboxylic acids is 1. The smallest absolute Gasteiger partial charge is 0.162 e. The molecule has 21 heavy (non-hydrogen) atoms. The molecule has 114 valence electrons. The van der Waals surface area contributed by atoms with Gasteiger partial charge in [0.15, 0.2) is 5.78 Å². The van der Waals surface area contributed by atoms with E-state index in [1.807, 2.05) is 12.3 Å². The van der Waals surface area contributed by atoms with Crippen LogP contribution >= 0.6 is 11.8 Å². The Kier molecular flexibility index (Phi) is 6.00. The van der Waals surface area contributed by atoms with Crippen LogP contribution in [0, 0.1) is 11.7 Å². The number of allylic oxidation sites excluding steroid dienone is 1. The zero-order chi connectivity index (χ0) is 15.2. The van der Waals surface area contributed by atoms with Crippen molar-refractivity contribution in [2.45, 2.75) is 30.1 Å². The van der Waals surface area contributed by atoms with E-state index in [0.29, 0.717) is 10.8 Å². The van der Waals surface area contributed by atoms with Gasteiger partial charge in [0.05, 0.1) is 0 Å². The third-order valence-electron chi connectivity index (χ3n) is 4.03. The summed E-state index contributed by atoms with van der Waals surface area (Å²) in [5.74, 6) is -0.126. The van der Waals surface area contributed by atoms with Crippen molar-refractivity contribution in [1.29, 1.82) is 0 Å². The maximum Gasteiger partial charge on any atom is 0.162 e. The molecule has 0 radical (unpaired) electrons. The monoisotopic (exact) mass is 308 g/mol. The van der Waals surface area contributed by atoms with Crippen molar-refractivity contribution in [3.05, 3.63) is 42.2 Å². The van der Waals surface area contributed by atoms with E-state index >= 15 is 0 Å². The first-order valence-corrected chi connectivity index (χ1v) is 8.45. The summed E-state index contributed by atoms with van der Waals surface area (Å²) in [5.41, 5.74) is 0.752. The lowest BCUT2D eigenvalue weighted by molar-refractivity contribution is -0.116. The molecule has 0 amide bonds. The fourth-order valence-electron chi connectivity index (χ4n) is 2.77. The van der Waals surface area contributed by atoms with Crippen LogP contribution in [0.1, 0.15) is 30.7 Å². The maximum atomic E-state index is 14.0. The van der Waals surface area contributed by atoms with E-state index in [1.54, 1.807) is 6.07 Å². The summed E-state index contributed by atoms with van der Waals surface area (Å²) in [6.45, 7) is 5.08. The molecular formula is C17H21FO2S. The summed E-state index contributed by atoms with van der Waals surface area (Å²) < 4.78 is 19.3. The Morgan fingerprint density at radius 3 is 2.81 bits per heavy atom. The lowest BCUT2D eigenvalue weighted by atomic mass is 9.82. The minimum absolute atomic E-state index is 0.0298. The average molecular weight is 308 g/mol. The first kappa shape index (κ1) is 16.2. The number of thioether (sulfide) groups is 1. The number of carbonyl (C=O) groups is 1. The Balaban J connectivity index is 2.20. The van der Waals surface area contributed by atoms with Crippen molar-refractivity contribution in [2.24, 2.45) is 5.92 Å². The summed E-state index contributed by atoms with van der Waals surface area (Å²) in [6.07, 6.45) is 5.86. The molecule has 0 spiro atoms. The van der Waals surface area contributed by atoms with E-state index in [9.17, 15) is 9.18 Å². The van der Waals surface area contributed by atoms with E-state index in [4.69, 9.17) is 4.74 Å². The van der Waals surface area contributed by atoms with Crippen LogP contribution in [-0.4, -0.2) is 25.3 Å². The Labute approximate surface area is 129 Å². The minimum atomic E-state index is -0.295. The quantitative estimate of drug-likeness (QED) is 0.582. The minimum Gasteiger partial charge on any atom is -0.381 e. The molecule has 1 aliphatic heterocycles. The molecule has 0 bridgehead atoms. The second kappa shape index (κ2) is 7.76. The Morgan fingerprint density at radius 2 is 2.24 bits per heavy atom. The molecular weight excluding hydrogens is 287 g/mol. The molecule has 4 heteroatoms. The zero-order valence-corrected chi connectivity index (χ0v) is 13.1. The number of ether oxygens (including phenoxy) is 1. The summed E-state index contributed by atoms with van der Waals surface area (Å²) >= 11 is 1.37. The van der Waals surface area contributed by atoms with Crippen LogP contribution in [0.4, 0.5) is 4.39 Å². The van der Waals surface area contributed by atoms with Gasteiger partial charge in [-0.1, -0.05) is 12.6 Å². The van der Waals surface area contributed by atoms with Gasteiger partial charge in [-0.05, 0) is 55.2 Å². The number of ketones is 1. The third kappa shape index (κ3) is 4.17. The molecule has 2 rings (SSSR count). The normalized spacial score (nSPS) is 17.4. The van der Waals surface area contributed by atoms with Gasteiger partial charge in [0, 0.05) is 24.0 Å². The van der Waals surface area contributed by atoms with Crippen molar-refractivity contribution in [3.8, 4) is 0 Å². The molecule has 0 aromatic heterocycles. The van der Waals surface area contributed by atoms with E-state index < -0.39 is 0 Å². The van der Waals surface area contributed by atoms with Gasteiger partial charge < -0.3 is 4.74 Å². The molecule has 1 saturated heterocycles. The Morgan fingerprint density at radius 1 is 1.52 bits per heavy atom. The SMILES string of the molecule is C=CC(=O)C(CC1CCOCC1)c1ccc(SC)c(F)c1. The predicted octanol–water partition coefficient (Wildman–Crippen LogP) is 4.20. The van der Waals surface area contributed by atoms with Gasteiger partial charge in [0.2, 0.25) is 0 Å². The van der Waals surface area contributed by atoms with Crippen molar-refractivity contribution >= 4 is 17.5 Å². The molecule has 1 aromatic rings. The highest BCUT2D eigenvalue weighted by Gasteiger charge is 2.25. The van der Waals surface area contributed by atoms with E-state index in [1.165, 1.54) is 23.9 Å². The van der Waals surface area contributed by atoms with Gasteiger partial charge >= 0.3 is 0 Å². The van der Waals surface area contributed by atoms with Gasteiger partial charge in [-0.15, -0.1) is 11.8 Å². The maximum absolute atomic E-state index is 14.0. The molecule has 1 aromatic carbocycles. The lowest BCUT2D eigenvalue weighted by Crippen LogP contribution is -2.21. The number of hydrogen-bond acceptors (Lipinski definition) is 3. The molecule has 1 heterocycles. The topological polar surface area (TPSA) is 26.3 Å². The fraction of sp³-hybridized carbons (Fsp3) is 0.471. The van der Waals surface area contributed by atoms with Gasteiger partial charge in [-0.3, -0.25) is 4.79 Å². The molecule has 0 aliphatic carbocycles. The van der Waals surface area contributed by atoms with E-state index in [2.05, 4.69) is 6.58 Å². The number of halogens is 1. The van der Waals surface area contributed by atoms with E-state index in [0.717, 1.165) is 38.0 Å². The van der Waals surface area contributed by atoms with Crippen LogP contribution in [0.15, 0.2) is 35.7 Å². The van der Waals surface area contributed by atoms with Crippen molar-refractivity contribution in [1.82, 2.24) is 0 Å². The average Bonchev–Trinajstić information content (AvgIpc) is 2.53. The predicted molar refractivity (Wildman–Crippen MR) is 84.3 cm³/mol. The van der Waals surface area contributed by atoms with Crippen LogP contribution < -0.4 is 0 Å². The van der Waals surface area contributed by atoms with Crippen LogP contribution in [-0.2, 0) is 9.53 Å². The number of rotatable bonds is 6. The first-order valence-electron chi connectivity index (χ1n) is 7.23. The highest BCUT2D eigenvalue weighted by molar-refractivity contribution is 7.98. The standard InChI is InChI=1S/C17H21FO2S/c1-3-16(19)14(10-12-6-8-20-9-7-12)13-4-5-17(21-2)15(18)11-13/h3-5,11-12,14H,1,6-10H2,2H3. The van der Waals surface area contributed by atoms with Gasteiger partial charge in [0.25, 0.3) is 0 Å². The molecule has 0 N–H and O–H groups in total. The molecule has 1 fully saturated rings. The van der Waals surface area contributed by atoms with Crippen LogP contribution in [0.25, 0.3) is 0 Å². The Hall–Kier alpha value is -1.13. The number of benzene rings is 1. The van der Waals surface area contributed by atoms with Crippen LogP contribution in [0.2, 0.25) is 0 Å². The highest BCUT2D eigenvalue weighted by atomic mass is 32.2. The summed E-state index contributed by atoms with van der Waals surface area (Å²) in [5, 5.41) is 0. The second-order valence-corrected chi connectivity index (χ2v) is 6.19. The summed E-state index contributed by atoms with van der Waals surface area (Å²) in [7, 11) is 0. The van der Waals surface area contributed by atoms with Crippen molar-refractivity contribution < 1.29 is 13.9 Å². The van der Waals surface area contributed by atoms with Gasteiger partial charge in [0.1, 0.15) is 5.82 Å². The molecule has 1 unspecified atom stereocenters. The Bertz CT molecular complexity index is 510.